The Morgan fingerprint density at radius 2 is 1.50 bits per heavy atom. The number of aryl methyl sites for hydroxylation is 2. The maximum Gasteiger partial charge on any atom is 0.295 e. The summed E-state index contributed by atoms with van der Waals surface area (Å²) in [6.07, 6.45) is 23.9. The van der Waals surface area contributed by atoms with Gasteiger partial charge in [0.2, 0.25) is 10.7 Å². The van der Waals surface area contributed by atoms with Crippen molar-refractivity contribution in [1.82, 2.24) is 63.7 Å². The molecule has 0 radical (unpaired) electrons. The van der Waals surface area contributed by atoms with Crippen LogP contribution in [0.1, 0.15) is 38.4 Å². The summed E-state index contributed by atoms with van der Waals surface area (Å²) in [5.41, 5.74) is 9.65. The third-order valence-electron chi connectivity index (χ3n) is 18.7. The summed E-state index contributed by atoms with van der Waals surface area (Å²) < 4.78 is 25.1. The lowest BCUT2D eigenvalue weighted by Crippen LogP contribution is -2.41. The largest absolute Gasteiger partial charge is 0.455 e. The molecule has 10 aromatic rings. The lowest BCUT2D eigenvalue weighted by Gasteiger charge is -2.39. The van der Waals surface area contributed by atoms with Gasteiger partial charge in [-0.1, -0.05) is 41.2 Å². The predicted molar refractivity (Wildman–Crippen MR) is 334 cm³/mol. The molecule has 6 aliphatic heterocycles. The number of hydrogen-bond acceptors (Lipinski definition) is 19. The third kappa shape index (κ3) is 9.94. The van der Waals surface area contributed by atoms with Crippen molar-refractivity contribution in [3.05, 3.63) is 160 Å². The highest BCUT2D eigenvalue weighted by Crippen LogP contribution is 2.51. The molecule has 2 aromatic carbocycles. The number of nitrogens with one attached hydrogen (secondary N) is 2. The van der Waals surface area contributed by atoms with Crippen molar-refractivity contribution in [2.45, 2.75) is 58.5 Å². The minimum Gasteiger partial charge on any atom is -0.455 e. The topological polar surface area (TPSA) is 208 Å². The number of piperidine rings is 2. The Bertz CT molecular complexity index is 4540. The fraction of sp³-hybridized carbons (Fsp3) is 0.338. The van der Waals surface area contributed by atoms with Crippen LogP contribution >= 0.6 is 22.7 Å². The molecule has 18 rings (SSSR count). The molecule has 8 aliphatic rings. The molecule has 2 bridgehead atoms. The number of aliphatic hydroxyl groups is 1. The monoisotopic (exact) mass is 1210 g/mol. The molecule has 1 amide bonds. The summed E-state index contributed by atoms with van der Waals surface area (Å²) in [6.45, 7) is 12.9. The number of carbonyl (C=O) groups excluding carboxylic acids is 1. The molecule has 1 saturated carbocycles. The van der Waals surface area contributed by atoms with E-state index in [1.165, 1.54) is 29.5 Å². The standard InChI is InChI=1S/C65H62N16O5S2/c1-37-19-41(7-10-51(37)84-43-8-11-55-66-34-71-80(55)26-43)73-62-59-46-13-17-77(57(83)6-4-16-76-28-47-48(29-76)49(47)32-82)30-54(46)88-65(59)79(36-70-62)50-23-42(20-38(2)60(50)85-44-9-12-56-67-35-72-81(56)27-44)74-61-58-45-14-18-78(31-53(45)87-63(58)69-33-68-61)64-52(86-64)5-3-15-75-24-39-21-40(22-39)25-75/h3-12,19-21,23,26-27,33-36,39,47-49,52,64,82H,13-18,22,24-25,28-32H2,1-2H3,(H,68,69,74)/p+1/b5-3+,6-4+. The van der Waals surface area contributed by atoms with Crippen molar-refractivity contribution in [2.24, 2.45) is 23.7 Å². The van der Waals surface area contributed by atoms with Crippen molar-refractivity contribution >= 4 is 83.3 Å². The first-order chi connectivity index (χ1) is 43.2. The van der Waals surface area contributed by atoms with Gasteiger partial charge in [0.05, 0.1) is 24.3 Å². The zero-order chi connectivity index (χ0) is 58.7. The van der Waals surface area contributed by atoms with Crippen molar-refractivity contribution in [3.63, 3.8) is 0 Å². The summed E-state index contributed by atoms with van der Waals surface area (Å²) in [4.78, 5) is 51.4. The van der Waals surface area contributed by atoms with Crippen LogP contribution in [0.3, 0.4) is 0 Å². The summed E-state index contributed by atoms with van der Waals surface area (Å²) in [7, 11) is 0. The molecule has 88 heavy (non-hydrogen) atoms. The second kappa shape index (κ2) is 21.6. The molecule has 0 spiro atoms. The summed E-state index contributed by atoms with van der Waals surface area (Å²) in [5.74, 6) is 6.33. The van der Waals surface area contributed by atoms with E-state index < -0.39 is 0 Å². The van der Waals surface area contributed by atoms with E-state index in [0.717, 1.165) is 135 Å². The Morgan fingerprint density at radius 1 is 0.761 bits per heavy atom. The van der Waals surface area contributed by atoms with Crippen LogP contribution in [-0.2, 0) is 35.5 Å². The molecule has 14 heterocycles. The molecule has 8 aromatic heterocycles. The van der Waals surface area contributed by atoms with E-state index in [0.29, 0.717) is 71.7 Å². The Kier molecular flexibility index (Phi) is 13.2. The Morgan fingerprint density at radius 3 is 2.28 bits per heavy atom. The molecular weight excluding hydrogens is 1150 g/mol. The van der Waals surface area contributed by atoms with Crippen molar-refractivity contribution in [2.75, 3.05) is 69.6 Å². The Balaban J connectivity index is 0.700. The number of likely N-dealkylation sites (tertiary alicyclic amines) is 1. The molecule has 5 unspecified atom stereocenters. The number of epoxide rings is 1. The van der Waals surface area contributed by atoms with Gasteiger partial charge in [0.25, 0.3) is 12.1 Å². The Hall–Kier alpha value is -8.55. The average molecular weight is 1210 g/mol. The number of fused-ring (bicyclic) bond motifs is 11. The number of hydrogen-bond donors (Lipinski definition) is 3. The van der Waals surface area contributed by atoms with Gasteiger partial charge in [-0.2, -0.15) is 14.8 Å². The van der Waals surface area contributed by atoms with Crippen LogP contribution in [0.25, 0.3) is 37.4 Å². The number of aliphatic hydroxyl groups excluding tert-OH is 1. The molecule has 2 aliphatic carbocycles. The fourth-order valence-corrected chi connectivity index (χ4v) is 16.7. The quantitative estimate of drug-likeness (QED) is 0.0337. The summed E-state index contributed by atoms with van der Waals surface area (Å²) in [5, 5.41) is 27.9. The van der Waals surface area contributed by atoms with Crippen LogP contribution < -0.4 is 24.7 Å². The number of rotatable bonds is 17. The lowest BCUT2D eigenvalue weighted by molar-refractivity contribution is -0.568. The van der Waals surface area contributed by atoms with Gasteiger partial charge in [-0.3, -0.25) is 19.5 Å². The summed E-state index contributed by atoms with van der Waals surface area (Å²) in [6, 6.07) is 17.8. The maximum atomic E-state index is 14.1. The number of thiophene rings is 2. The van der Waals surface area contributed by atoms with Crippen LogP contribution in [0.2, 0.25) is 0 Å². The zero-order valence-corrected chi connectivity index (χ0v) is 50.2. The van der Waals surface area contributed by atoms with Gasteiger partial charge in [-0.25, -0.2) is 29.0 Å². The van der Waals surface area contributed by atoms with Crippen molar-refractivity contribution in [1.29, 1.82) is 0 Å². The molecule has 3 saturated heterocycles. The van der Waals surface area contributed by atoms with Gasteiger partial charge in [-0.15, -0.1) is 11.3 Å². The van der Waals surface area contributed by atoms with Crippen LogP contribution in [0.4, 0.5) is 23.0 Å². The van der Waals surface area contributed by atoms with Crippen LogP contribution in [0, 0.1) is 37.5 Å². The second-order valence-electron chi connectivity index (χ2n) is 24.4. The highest BCUT2D eigenvalue weighted by molar-refractivity contribution is 7.19. The van der Waals surface area contributed by atoms with Gasteiger partial charge in [0, 0.05) is 98.8 Å². The highest BCUT2D eigenvalue weighted by Gasteiger charge is 2.54. The molecule has 4 fully saturated rings. The van der Waals surface area contributed by atoms with E-state index in [2.05, 4.69) is 93.4 Å². The van der Waals surface area contributed by atoms with Gasteiger partial charge in [0.1, 0.15) is 64.6 Å². The van der Waals surface area contributed by atoms with Crippen molar-refractivity contribution < 1.29 is 28.7 Å². The number of ether oxygens (including phenoxy) is 3. The normalized spacial score (nSPS) is 22.4. The van der Waals surface area contributed by atoms with Crippen LogP contribution in [-0.4, -0.2) is 146 Å². The molecule has 3 N–H and O–H groups in total. The van der Waals surface area contributed by atoms with Crippen LogP contribution in [0.15, 0.2) is 128 Å². The van der Waals surface area contributed by atoms with Gasteiger partial charge in [0.15, 0.2) is 22.7 Å². The predicted octanol–water partition coefficient (Wildman–Crippen LogP) is 8.86. The van der Waals surface area contributed by atoms with Gasteiger partial charge in [-0.05, 0) is 133 Å². The third-order valence-corrected chi connectivity index (χ3v) is 21.0. The number of anilines is 4. The molecule has 444 valence electrons. The maximum absolute atomic E-state index is 14.1. The number of pyridine rings is 2. The van der Waals surface area contributed by atoms with E-state index in [1.54, 1.807) is 49.7 Å². The molecule has 23 heteroatoms. The zero-order valence-electron chi connectivity index (χ0n) is 48.6. The average Bonchev–Trinajstić information content (AvgIpc) is 1.78. The van der Waals surface area contributed by atoms with Gasteiger partial charge < -0.3 is 34.9 Å². The molecular formula is C65H63N16O5S2+. The fourth-order valence-electron chi connectivity index (χ4n) is 14.1. The first-order valence-corrected chi connectivity index (χ1v) is 31.9. The van der Waals surface area contributed by atoms with Crippen molar-refractivity contribution in [3.8, 4) is 28.7 Å². The molecule has 5 atom stereocenters. The number of amides is 1. The van der Waals surface area contributed by atoms with Gasteiger partial charge >= 0.3 is 0 Å². The first-order valence-electron chi connectivity index (χ1n) is 30.3. The van der Waals surface area contributed by atoms with E-state index in [-0.39, 0.29) is 24.8 Å². The minimum absolute atomic E-state index is 0.00661. The lowest BCUT2D eigenvalue weighted by atomic mass is 9.82. The number of benzene rings is 2. The first kappa shape index (κ1) is 53.7. The number of nitrogens with zero attached hydrogens (tertiary/aromatic N) is 14. The minimum atomic E-state index is -0.00661. The Labute approximate surface area is 513 Å². The van der Waals surface area contributed by atoms with E-state index in [1.807, 2.05) is 73.0 Å². The summed E-state index contributed by atoms with van der Waals surface area (Å²) >= 11 is 3.40. The second-order valence-corrected chi connectivity index (χ2v) is 26.6. The van der Waals surface area contributed by atoms with E-state index in [4.69, 9.17) is 29.2 Å². The smallest absolute Gasteiger partial charge is 0.295 e. The number of carbonyl (C=O) groups is 1. The van der Waals surface area contributed by atoms with Crippen LogP contribution in [0.5, 0.6) is 23.0 Å². The van der Waals surface area contributed by atoms with E-state index >= 15 is 0 Å². The SMILES string of the molecule is Cc1cc(Nc2nc[n+](-c3cc(Nc4ncnc5sc6c(c45)CCN(C4OC4/C=C/CN4CC5=CC(C5)C4)C6)cc(C)c3Oc3ccc4ncnn4c3)c3sc4c(c23)CCN(C(=O)/C=C/CN2CC3C(CO)C3C2)C4)ccc1Oc1ccc2ncnn2c1. The highest BCUT2D eigenvalue weighted by atomic mass is 32.1. The number of aromatic nitrogens is 10. The van der Waals surface area contributed by atoms with E-state index in [9.17, 15) is 9.90 Å². The molecule has 21 nitrogen and oxygen atoms in total.